The molecule has 3 N–H and O–H groups in total. The molecule has 1 heterocycles. The summed E-state index contributed by atoms with van der Waals surface area (Å²) in [4.78, 5) is 41.5. The fraction of sp³-hybridized carbons (Fsp3) is 0.192. The monoisotopic (exact) mass is 446 g/mol. The molecule has 33 heavy (non-hydrogen) atoms. The molecule has 3 atom stereocenters. The van der Waals surface area contributed by atoms with Crippen LogP contribution in [0.25, 0.3) is 0 Å². The summed E-state index contributed by atoms with van der Waals surface area (Å²) in [5, 5.41) is 32.9. The molecule has 3 aromatic carbocycles. The van der Waals surface area contributed by atoms with Gasteiger partial charge >= 0.3 is 0 Å². The van der Waals surface area contributed by atoms with E-state index < -0.39 is 47.4 Å². The fourth-order valence-corrected chi connectivity index (χ4v) is 4.32. The molecule has 1 aliphatic rings. The number of aliphatic hydroxyl groups excluding tert-OH is 2. The van der Waals surface area contributed by atoms with Gasteiger partial charge in [-0.15, -0.1) is 0 Å². The maximum Gasteiger partial charge on any atom is 0.255 e. The van der Waals surface area contributed by atoms with Crippen molar-refractivity contribution in [1.82, 2.24) is 0 Å². The van der Waals surface area contributed by atoms with Crippen molar-refractivity contribution in [3.63, 3.8) is 0 Å². The number of Topliss-reactive ketones (excluding diaryl/α,β-unsaturated/α-hetero) is 3. The molecule has 1 aliphatic heterocycles. The lowest BCUT2D eigenvalue weighted by atomic mass is 9.63. The van der Waals surface area contributed by atoms with E-state index in [2.05, 4.69) is 0 Å². The molecule has 3 aromatic rings. The van der Waals surface area contributed by atoms with Gasteiger partial charge in [-0.2, -0.15) is 0 Å². The second-order valence-electron chi connectivity index (χ2n) is 7.82. The highest BCUT2D eigenvalue weighted by Crippen LogP contribution is 2.51. The van der Waals surface area contributed by atoms with E-state index in [4.69, 9.17) is 4.74 Å². The molecule has 1 saturated heterocycles. The second kappa shape index (κ2) is 8.80. The minimum Gasteiger partial charge on any atom is -0.394 e. The number of benzene rings is 3. The Balaban J connectivity index is 2.01. The zero-order valence-corrected chi connectivity index (χ0v) is 17.5. The zero-order chi connectivity index (χ0) is 23.6. The van der Waals surface area contributed by atoms with Crippen molar-refractivity contribution in [3.05, 3.63) is 108 Å². The highest BCUT2D eigenvalue weighted by molar-refractivity contribution is 6.25. The number of carbonyl (C=O) groups is 3. The van der Waals surface area contributed by atoms with Crippen molar-refractivity contribution in [2.24, 2.45) is 5.41 Å². The van der Waals surface area contributed by atoms with Gasteiger partial charge in [-0.3, -0.25) is 14.4 Å². The van der Waals surface area contributed by atoms with Gasteiger partial charge in [0.15, 0.2) is 17.0 Å². The van der Waals surface area contributed by atoms with Crippen LogP contribution in [-0.2, 0) is 4.74 Å². The summed E-state index contributed by atoms with van der Waals surface area (Å²) in [6.07, 6.45) is -3.58. The third-order valence-corrected chi connectivity index (χ3v) is 5.96. The van der Waals surface area contributed by atoms with Crippen LogP contribution in [0, 0.1) is 5.41 Å². The Morgan fingerprint density at radius 3 is 1.42 bits per heavy atom. The highest BCUT2D eigenvalue weighted by atomic mass is 16.7. The molecular formula is C26H22O7. The summed E-state index contributed by atoms with van der Waals surface area (Å²) in [6.45, 7) is -0.836. The van der Waals surface area contributed by atoms with Gasteiger partial charge in [-0.25, -0.2) is 0 Å². The van der Waals surface area contributed by atoms with Crippen molar-refractivity contribution in [1.29, 1.82) is 0 Å². The van der Waals surface area contributed by atoms with Crippen LogP contribution in [0.5, 0.6) is 0 Å². The topological polar surface area (TPSA) is 121 Å². The highest BCUT2D eigenvalue weighted by Gasteiger charge is 2.76. The SMILES string of the molecule is O=C(c1ccccc1)C1(O)O[C@H](CO)[C@@H](O)C1(C(=O)c1ccccc1)C(=O)c1ccccc1. The minimum absolute atomic E-state index is 0.0118. The third-order valence-electron chi connectivity index (χ3n) is 5.96. The summed E-state index contributed by atoms with van der Waals surface area (Å²) < 4.78 is 5.49. The van der Waals surface area contributed by atoms with Gasteiger partial charge in [0, 0.05) is 16.7 Å². The van der Waals surface area contributed by atoms with E-state index in [1.807, 2.05) is 0 Å². The van der Waals surface area contributed by atoms with E-state index >= 15 is 0 Å². The first-order valence-corrected chi connectivity index (χ1v) is 10.4. The molecule has 4 rings (SSSR count). The van der Waals surface area contributed by atoms with Gasteiger partial charge in [0.25, 0.3) is 5.79 Å². The quantitative estimate of drug-likeness (QED) is 0.375. The summed E-state index contributed by atoms with van der Waals surface area (Å²) >= 11 is 0. The Bertz CT molecular complexity index is 1110. The molecule has 0 radical (unpaired) electrons. The van der Waals surface area contributed by atoms with E-state index in [0.29, 0.717) is 0 Å². The van der Waals surface area contributed by atoms with Gasteiger partial charge < -0.3 is 20.1 Å². The Labute approximate surface area is 189 Å². The van der Waals surface area contributed by atoms with Crippen LogP contribution in [0.3, 0.4) is 0 Å². The molecule has 1 fully saturated rings. The number of carbonyl (C=O) groups excluding carboxylic acids is 3. The van der Waals surface area contributed by atoms with Gasteiger partial charge in [-0.1, -0.05) is 91.0 Å². The van der Waals surface area contributed by atoms with E-state index in [1.54, 1.807) is 54.6 Å². The van der Waals surface area contributed by atoms with Crippen molar-refractivity contribution >= 4 is 17.3 Å². The number of hydrogen-bond donors (Lipinski definition) is 3. The lowest BCUT2D eigenvalue weighted by Gasteiger charge is -2.38. The van der Waals surface area contributed by atoms with E-state index in [1.165, 1.54) is 36.4 Å². The number of hydrogen-bond acceptors (Lipinski definition) is 7. The van der Waals surface area contributed by atoms with Gasteiger partial charge in [0.2, 0.25) is 5.78 Å². The van der Waals surface area contributed by atoms with Crippen molar-refractivity contribution in [3.8, 4) is 0 Å². The summed E-state index contributed by atoms with van der Waals surface area (Å²) in [5.74, 6) is -6.15. The van der Waals surface area contributed by atoms with Crippen LogP contribution in [0.2, 0.25) is 0 Å². The Kier molecular flexibility index (Phi) is 6.05. The second-order valence-corrected chi connectivity index (χ2v) is 7.82. The van der Waals surface area contributed by atoms with Crippen LogP contribution in [0.15, 0.2) is 91.0 Å². The first-order chi connectivity index (χ1) is 15.9. The summed E-state index contributed by atoms with van der Waals surface area (Å²) in [7, 11) is 0. The largest absolute Gasteiger partial charge is 0.394 e. The van der Waals surface area contributed by atoms with Gasteiger partial charge in [0.05, 0.1) is 6.61 Å². The van der Waals surface area contributed by atoms with Crippen molar-refractivity contribution in [2.45, 2.75) is 18.0 Å². The lowest BCUT2D eigenvalue weighted by Crippen LogP contribution is -2.63. The zero-order valence-electron chi connectivity index (χ0n) is 17.5. The van der Waals surface area contributed by atoms with Gasteiger partial charge in [0.1, 0.15) is 12.2 Å². The molecule has 0 saturated carbocycles. The number of aliphatic hydroxyl groups is 3. The molecule has 0 aromatic heterocycles. The number of rotatable bonds is 7. The Morgan fingerprint density at radius 2 is 1.06 bits per heavy atom. The van der Waals surface area contributed by atoms with Crippen LogP contribution in [-0.4, -0.2) is 57.3 Å². The average molecular weight is 446 g/mol. The maximum absolute atomic E-state index is 14.0. The molecule has 168 valence electrons. The molecule has 0 amide bonds. The number of ether oxygens (including phenoxy) is 1. The maximum atomic E-state index is 14.0. The molecule has 7 nitrogen and oxygen atoms in total. The molecule has 0 aliphatic carbocycles. The van der Waals surface area contributed by atoms with Crippen LogP contribution < -0.4 is 0 Å². The van der Waals surface area contributed by atoms with Gasteiger partial charge in [-0.05, 0) is 0 Å². The van der Waals surface area contributed by atoms with E-state index in [0.717, 1.165) is 0 Å². The summed E-state index contributed by atoms with van der Waals surface area (Å²) in [6, 6.07) is 22.7. The molecule has 1 unspecified atom stereocenters. The van der Waals surface area contributed by atoms with E-state index in [-0.39, 0.29) is 16.7 Å². The predicted molar refractivity (Wildman–Crippen MR) is 118 cm³/mol. The Morgan fingerprint density at radius 1 is 0.697 bits per heavy atom. The normalized spacial score (nSPS) is 23.7. The van der Waals surface area contributed by atoms with Crippen molar-refractivity contribution in [2.75, 3.05) is 6.61 Å². The first-order valence-electron chi connectivity index (χ1n) is 10.4. The standard InChI is InChI=1S/C26H22O7/c27-16-20-24(31)25(21(28)17-10-4-1-5-11-17,22(29)18-12-6-2-7-13-18)26(32,33-20)23(30)19-14-8-3-9-15-19/h1-15,20,24,27,31-32H,16H2/t20-,24-,26?/m1/s1. The minimum atomic E-state index is -3.08. The van der Waals surface area contributed by atoms with E-state index in [9.17, 15) is 29.7 Å². The van der Waals surface area contributed by atoms with Crippen LogP contribution in [0.1, 0.15) is 31.1 Å². The van der Waals surface area contributed by atoms with Crippen molar-refractivity contribution < 1.29 is 34.4 Å². The first kappa shape index (κ1) is 22.7. The predicted octanol–water partition coefficient (Wildman–Crippen LogP) is 2.06. The molecule has 0 bridgehead atoms. The molecule has 0 spiro atoms. The summed E-state index contributed by atoms with van der Waals surface area (Å²) in [5.41, 5.74) is -2.82. The Hall–Kier alpha value is -3.49. The molecular weight excluding hydrogens is 424 g/mol. The van der Waals surface area contributed by atoms with Crippen LogP contribution >= 0.6 is 0 Å². The third kappa shape index (κ3) is 3.42. The molecule has 7 heteroatoms. The average Bonchev–Trinajstić information content (AvgIpc) is 3.11. The van der Waals surface area contributed by atoms with Crippen LogP contribution in [0.4, 0.5) is 0 Å². The lowest BCUT2D eigenvalue weighted by molar-refractivity contribution is -0.185. The number of ketones is 3. The smallest absolute Gasteiger partial charge is 0.255 e. The fourth-order valence-electron chi connectivity index (χ4n) is 4.32.